The van der Waals surface area contributed by atoms with E-state index in [1.165, 1.54) is 0 Å². The van der Waals surface area contributed by atoms with E-state index in [0.717, 1.165) is 32.6 Å². The second-order valence-electron chi connectivity index (χ2n) is 5.16. The first-order valence-electron chi connectivity index (χ1n) is 5.61. The highest BCUT2D eigenvalue weighted by molar-refractivity contribution is 5.67. The van der Waals surface area contributed by atoms with Crippen molar-refractivity contribution < 1.29 is 9.53 Å². The summed E-state index contributed by atoms with van der Waals surface area (Å²) < 4.78 is 5.22. The molecule has 0 aromatic heterocycles. The summed E-state index contributed by atoms with van der Waals surface area (Å²) in [4.78, 5) is 13.3. The standard InChI is InChI=1S/C11H22N2O2/c1-11(2,3)4-9-15-10(14)13-7-5-12-6-8-13/h12H,4-9H2,1-3H3. The predicted octanol–water partition coefficient (Wildman–Crippen LogP) is 1.46. The van der Waals surface area contributed by atoms with Gasteiger partial charge in [-0.1, -0.05) is 20.8 Å². The van der Waals surface area contributed by atoms with E-state index < -0.39 is 0 Å². The molecule has 1 fully saturated rings. The maximum atomic E-state index is 11.6. The number of carbonyl (C=O) groups excluding carboxylic acids is 1. The lowest BCUT2D eigenvalue weighted by Crippen LogP contribution is -2.46. The minimum atomic E-state index is -0.166. The number of nitrogens with zero attached hydrogens (tertiary/aromatic N) is 1. The zero-order chi connectivity index (χ0) is 11.3. The van der Waals surface area contributed by atoms with Gasteiger partial charge in [0, 0.05) is 26.2 Å². The van der Waals surface area contributed by atoms with Crippen molar-refractivity contribution in [2.75, 3.05) is 32.8 Å². The van der Waals surface area contributed by atoms with Crippen LogP contribution in [0.3, 0.4) is 0 Å². The quantitative estimate of drug-likeness (QED) is 0.756. The smallest absolute Gasteiger partial charge is 0.409 e. The molecule has 0 saturated carbocycles. The summed E-state index contributed by atoms with van der Waals surface area (Å²) in [6.45, 7) is 10.2. The minimum Gasteiger partial charge on any atom is -0.449 e. The normalized spacial score (nSPS) is 17.7. The molecule has 4 nitrogen and oxygen atoms in total. The van der Waals surface area contributed by atoms with Crippen LogP contribution in [0.15, 0.2) is 0 Å². The molecule has 1 aliphatic heterocycles. The Labute approximate surface area is 92.0 Å². The highest BCUT2D eigenvalue weighted by atomic mass is 16.6. The minimum absolute atomic E-state index is 0.166. The molecule has 0 aromatic carbocycles. The van der Waals surface area contributed by atoms with Crippen LogP contribution in [-0.4, -0.2) is 43.8 Å². The molecule has 0 unspecified atom stereocenters. The van der Waals surface area contributed by atoms with Gasteiger partial charge >= 0.3 is 6.09 Å². The Morgan fingerprint density at radius 2 is 1.93 bits per heavy atom. The molecule has 0 spiro atoms. The van der Waals surface area contributed by atoms with Crippen molar-refractivity contribution in [1.29, 1.82) is 0 Å². The lowest BCUT2D eigenvalue weighted by atomic mass is 9.93. The first-order valence-corrected chi connectivity index (χ1v) is 5.61. The van der Waals surface area contributed by atoms with Gasteiger partial charge in [-0.25, -0.2) is 4.79 Å². The number of ether oxygens (including phenoxy) is 1. The molecule has 1 aliphatic rings. The molecule has 0 aromatic rings. The average molecular weight is 214 g/mol. The number of nitrogens with one attached hydrogen (secondary N) is 1. The Balaban J connectivity index is 2.17. The highest BCUT2D eigenvalue weighted by Gasteiger charge is 2.18. The largest absolute Gasteiger partial charge is 0.449 e. The van der Waals surface area contributed by atoms with Crippen LogP contribution >= 0.6 is 0 Å². The SMILES string of the molecule is CC(C)(C)CCOC(=O)N1CCNCC1. The molecule has 1 amide bonds. The zero-order valence-electron chi connectivity index (χ0n) is 10.0. The fourth-order valence-electron chi connectivity index (χ4n) is 1.38. The van der Waals surface area contributed by atoms with Crippen molar-refractivity contribution in [2.45, 2.75) is 27.2 Å². The van der Waals surface area contributed by atoms with Crippen molar-refractivity contribution in [3.05, 3.63) is 0 Å². The average Bonchev–Trinajstić information content (AvgIpc) is 2.17. The third kappa shape index (κ3) is 5.02. The molecule has 1 heterocycles. The van der Waals surface area contributed by atoms with Crippen LogP contribution in [0.2, 0.25) is 0 Å². The van der Waals surface area contributed by atoms with Crippen molar-refractivity contribution in [1.82, 2.24) is 10.2 Å². The maximum Gasteiger partial charge on any atom is 0.409 e. The van der Waals surface area contributed by atoms with Crippen molar-refractivity contribution in [3.8, 4) is 0 Å². The van der Waals surface area contributed by atoms with Crippen LogP contribution in [-0.2, 0) is 4.74 Å². The van der Waals surface area contributed by atoms with Gasteiger partial charge in [0.1, 0.15) is 0 Å². The molecule has 88 valence electrons. The van der Waals surface area contributed by atoms with Gasteiger partial charge < -0.3 is 15.0 Å². The van der Waals surface area contributed by atoms with Gasteiger partial charge in [-0.05, 0) is 11.8 Å². The summed E-state index contributed by atoms with van der Waals surface area (Å²) in [6.07, 6.45) is 0.742. The van der Waals surface area contributed by atoms with Gasteiger partial charge in [0.2, 0.25) is 0 Å². The predicted molar refractivity (Wildman–Crippen MR) is 59.9 cm³/mol. The van der Waals surface area contributed by atoms with Gasteiger partial charge in [0.05, 0.1) is 6.61 Å². The summed E-state index contributed by atoms with van der Waals surface area (Å²) in [5, 5.41) is 3.20. The fraction of sp³-hybridized carbons (Fsp3) is 0.909. The molecule has 1 N–H and O–H groups in total. The van der Waals surface area contributed by atoms with E-state index in [2.05, 4.69) is 26.1 Å². The Bertz CT molecular complexity index is 205. The van der Waals surface area contributed by atoms with E-state index in [4.69, 9.17) is 4.74 Å². The summed E-state index contributed by atoms with van der Waals surface area (Å²) in [6, 6.07) is 0. The topological polar surface area (TPSA) is 41.6 Å². The summed E-state index contributed by atoms with van der Waals surface area (Å²) in [5.41, 5.74) is 0.226. The first-order chi connectivity index (χ1) is 6.99. The highest BCUT2D eigenvalue weighted by Crippen LogP contribution is 2.18. The number of amides is 1. The summed E-state index contributed by atoms with van der Waals surface area (Å²) in [5.74, 6) is 0. The Kier molecular flexibility index (Phi) is 4.39. The molecule has 15 heavy (non-hydrogen) atoms. The van der Waals surface area contributed by atoms with Crippen LogP contribution in [0, 0.1) is 5.41 Å². The van der Waals surface area contributed by atoms with Crippen LogP contribution in [0.5, 0.6) is 0 Å². The summed E-state index contributed by atoms with van der Waals surface area (Å²) in [7, 11) is 0. The molecule has 0 bridgehead atoms. The third-order valence-corrected chi connectivity index (χ3v) is 2.45. The molecular formula is C11H22N2O2. The maximum absolute atomic E-state index is 11.6. The van der Waals surface area contributed by atoms with Crippen LogP contribution in [0.1, 0.15) is 27.2 Å². The van der Waals surface area contributed by atoms with Crippen LogP contribution in [0.4, 0.5) is 4.79 Å². The molecule has 0 aliphatic carbocycles. The molecule has 1 saturated heterocycles. The number of rotatable bonds is 2. The zero-order valence-corrected chi connectivity index (χ0v) is 10.0. The van der Waals surface area contributed by atoms with Gasteiger partial charge in [-0.3, -0.25) is 0 Å². The second-order valence-corrected chi connectivity index (χ2v) is 5.16. The monoisotopic (exact) mass is 214 g/mol. The number of hydrogen-bond donors (Lipinski definition) is 1. The number of hydrogen-bond acceptors (Lipinski definition) is 3. The Morgan fingerprint density at radius 3 is 2.47 bits per heavy atom. The molecule has 4 heteroatoms. The van der Waals surface area contributed by atoms with E-state index in [0.29, 0.717) is 6.61 Å². The number of carbonyl (C=O) groups is 1. The van der Waals surface area contributed by atoms with E-state index in [1.54, 1.807) is 4.90 Å². The fourth-order valence-corrected chi connectivity index (χ4v) is 1.38. The van der Waals surface area contributed by atoms with Crippen molar-refractivity contribution in [2.24, 2.45) is 5.41 Å². The molecule has 0 radical (unpaired) electrons. The lowest BCUT2D eigenvalue weighted by Gasteiger charge is -2.27. The van der Waals surface area contributed by atoms with Gasteiger partial charge in [0.25, 0.3) is 0 Å². The van der Waals surface area contributed by atoms with Gasteiger partial charge in [0.15, 0.2) is 0 Å². The Morgan fingerprint density at radius 1 is 1.33 bits per heavy atom. The summed E-state index contributed by atoms with van der Waals surface area (Å²) >= 11 is 0. The van der Waals surface area contributed by atoms with Crippen molar-refractivity contribution in [3.63, 3.8) is 0 Å². The third-order valence-electron chi connectivity index (χ3n) is 2.45. The first kappa shape index (κ1) is 12.3. The van der Waals surface area contributed by atoms with Gasteiger partial charge in [-0.2, -0.15) is 0 Å². The van der Waals surface area contributed by atoms with Crippen LogP contribution in [0.25, 0.3) is 0 Å². The van der Waals surface area contributed by atoms with E-state index >= 15 is 0 Å². The number of piperazine rings is 1. The van der Waals surface area contributed by atoms with E-state index in [1.807, 2.05) is 0 Å². The molecule has 0 atom stereocenters. The van der Waals surface area contributed by atoms with E-state index in [9.17, 15) is 4.79 Å². The Hall–Kier alpha value is -0.770. The lowest BCUT2D eigenvalue weighted by molar-refractivity contribution is 0.0880. The molecular weight excluding hydrogens is 192 g/mol. The van der Waals surface area contributed by atoms with E-state index in [-0.39, 0.29) is 11.5 Å². The van der Waals surface area contributed by atoms with Gasteiger partial charge in [-0.15, -0.1) is 0 Å². The van der Waals surface area contributed by atoms with Crippen molar-refractivity contribution >= 4 is 6.09 Å². The van der Waals surface area contributed by atoms with Crippen LogP contribution < -0.4 is 5.32 Å². The molecule has 1 rings (SSSR count). The second kappa shape index (κ2) is 5.35.